The maximum atomic E-state index is 12.4. The molecular formula is C20H21N3O2. The summed E-state index contributed by atoms with van der Waals surface area (Å²) in [4.78, 5) is 23.6. The molecule has 1 aliphatic carbocycles. The molecular weight excluding hydrogens is 314 g/mol. The third kappa shape index (κ3) is 2.63. The number of hydrogen-bond acceptors (Lipinski definition) is 4. The fraction of sp³-hybridized carbons (Fsp3) is 0.450. The van der Waals surface area contributed by atoms with Crippen LogP contribution >= 0.6 is 0 Å². The van der Waals surface area contributed by atoms with E-state index in [0.717, 1.165) is 23.5 Å². The molecule has 0 atom stereocenters. The van der Waals surface area contributed by atoms with Crippen LogP contribution in [-0.4, -0.2) is 33.9 Å². The Morgan fingerprint density at radius 3 is 2.80 bits per heavy atom. The van der Waals surface area contributed by atoms with Crippen molar-refractivity contribution in [2.45, 2.75) is 43.8 Å². The van der Waals surface area contributed by atoms with E-state index in [2.05, 4.69) is 17.1 Å². The lowest BCUT2D eigenvalue weighted by atomic mass is 9.87. The van der Waals surface area contributed by atoms with Crippen LogP contribution in [0.25, 0.3) is 0 Å². The van der Waals surface area contributed by atoms with Crippen molar-refractivity contribution in [3.05, 3.63) is 59.2 Å². The first-order valence-electron chi connectivity index (χ1n) is 9.05. The summed E-state index contributed by atoms with van der Waals surface area (Å²) in [7, 11) is 0. The molecule has 0 radical (unpaired) electrons. The first-order valence-corrected chi connectivity index (χ1v) is 9.05. The van der Waals surface area contributed by atoms with Gasteiger partial charge < -0.3 is 9.64 Å². The van der Waals surface area contributed by atoms with Gasteiger partial charge in [-0.2, -0.15) is 0 Å². The second-order valence-electron chi connectivity index (χ2n) is 7.38. The Bertz CT molecular complexity index is 811. The monoisotopic (exact) mass is 335 g/mol. The molecule has 1 aromatic carbocycles. The second-order valence-corrected chi connectivity index (χ2v) is 7.38. The summed E-state index contributed by atoms with van der Waals surface area (Å²) < 4.78 is 6.05. The molecule has 1 saturated carbocycles. The highest BCUT2D eigenvalue weighted by atomic mass is 16.5. The number of hydrogen-bond donors (Lipinski definition) is 0. The van der Waals surface area contributed by atoms with Crippen LogP contribution in [0.15, 0.2) is 36.5 Å². The van der Waals surface area contributed by atoms with Gasteiger partial charge in [0.05, 0.1) is 25.4 Å². The fourth-order valence-electron chi connectivity index (χ4n) is 3.81. The van der Waals surface area contributed by atoms with Gasteiger partial charge in [-0.05, 0) is 24.8 Å². The van der Waals surface area contributed by atoms with Crippen molar-refractivity contribution in [1.29, 1.82) is 0 Å². The van der Waals surface area contributed by atoms with Gasteiger partial charge in [0.2, 0.25) is 5.91 Å². The predicted molar refractivity (Wildman–Crippen MR) is 91.8 cm³/mol. The highest BCUT2D eigenvalue weighted by Crippen LogP contribution is 2.44. The number of ether oxygens (including phenoxy) is 1. The van der Waals surface area contributed by atoms with Crippen LogP contribution in [-0.2, 0) is 28.2 Å². The van der Waals surface area contributed by atoms with Crippen molar-refractivity contribution in [3.8, 4) is 0 Å². The summed E-state index contributed by atoms with van der Waals surface area (Å²) >= 11 is 0. The Hall–Kier alpha value is -2.27. The minimum Gasteiger partial charge on any atom is -0.360 e. The summed E-state index contributed by atoms with van der Waals surface area (Å²) in [5.41, 5.74) is 2.95. The fourth-order valence-corrected chi connectivity index (χ4v) is 3.81. The number of rotatable bonds is 4. The molecule has 3 aliphatic rings. The molecule has 0 N–H and O–H groups in total. The van der Waals surface area contributed by atoms with Gasteiger partial charge in [-0.15, -0.1) is 0 Å². The topological polar surface area (TPSA) is 55.3 Å². The lowest BCUT2D eigenvalue weighted by molar-refractivity contribution is -0.168. The van der Waals surface area contributed by atoms with Gasteiger partial charge in [-0.1, -0.05) is 30.3 Å². The zero-order valence-electron chi connectivity index (χ0n) is 14.1. The van der Waals surface area contributed by atoms with Gasteiger partial charge >= 0.3 is 0 Å². The van der Waals surface area contributed by atoms with Gasteiger partial charge in [-0.25, -0.2) is 9.97 Å². The maximum absolute atomic E-state index is 12.4. The van der Waals surface area contributed by atoms with Crippen LogP contribution in [0.1, 0.15) is 47.8 Å². The average molecular weight is 335 g/mol. The molecule has 2 aromatic rings. The molecule has 5 heteroatoms. The van der Waals surface area contributed by atoms with E-state index >= 15 is 0 Å². The summed E-state index contributed by atoms with van der Waals surface area (Å²) in [6.07, 6.45) is 5.68. The van der Waals surface area contributed by atoms with E-state index < -0.39 is 0 Å². The van der Waals surface area contributed by atoms with Crippen LogP contribution in [0.5, 0.6) is 0 Å². The quantitative estimate of drug-likeness (QED) is 0.862. The lowest BCUT2D eigenvalue weighted by Gasteiger charge is -2.47. The van der Waals surface area contributed by atoms with Gasteiger partial charge in [-0.3, -0.25) is 4.79 Å². The Morgan fingerprint density at radius 1 is 1.24 bits per heavy atom. The normalized spacial score (nSPS) is 20.4. The van der Waals surface area contributed by atoms with Crippen molar-refractivity contribution >= 4 is 5.91 Å². The third-order valence-corrected chi connectivity index (χ3v) is 5.52. The number of fused-ring (bicyclic) bond motifs is 2. The van der Waals surface area contributed by atoms with E-state index in [9.17, 15) is 4.79 Å². The summed E-state index contributed by atoms with van der Waals surface area (Å²) in [5, 5.41) is 0. The lowest BCUT2D eigenvalue weighted by Crippen LogP contribution is -2.61. The zero-order valence-corrected chi connectivity index (χ0v) is 14.1. The van der Waals surface area contributed by atoms with Crippen molar-refractivity contribution in [1.82, 2.24) is 14.9 Å². The van der Waals surface area contributed by atoms with Crippen LogP contribution in [0.3, 0.4) is 0 Å². The van der Waals surface area contributed by atoms with E-state index in [1.165, 1.54) is 18.4 Å². The molecule has 0 bridgehead atoms. The number of benzene rings is 1. The molecule has 5 rings (SSSR count). The van der Waals surface area contributed by atoms with Gasteiger partial charge in [0.15, 0.2) is 0 Å². The summed E-state index contributed by atoms with van der Waals surface area (Å²) in [6, 6.07) is 10.2. The molecule has 0 unspecified atom stereocenters. The van der Waals surface area contributed by atoms with Crippen LogP contribution < -0.4 is 0 Å². The maximum Gasteiger partial charge on any atom is 0.223 e. The molecule has 3 heterocycles. The van der Waals surface area contributed by atoms with E-state index in [0.29, 0.717) is 32.0 Å². The number of carbonyl (C=O) groups excluding carboxylic acids is 1. The number of nitrogens with zero attached hydrogens (tertiary/aromatic N) is 3. The van der Waals surface area contributed by atoms with Crippen LogP contribution in [0.4, 0.5) is 0 Å². The molecule has 1 saturated heterocycles. The third-order valence-electron chi connectivity index (χ3n) is 5.52. The van der Waals surface area contributed by atoms with Crippen molar-refractivity contribution in [3.63, 3.8) is 0 Å². The summed E-state index contributed by atoms with van der Waals surface area (Å²) in [6.45, 7) is 1.79. The van der Waals surface area contributed by atoms with E-state index in [1.807, 2.05) is 29.3 Å². The highest BCUT2D eigenvalue weighted by Gasteiger charge is 2.52. The zero-order chi connectivity index (χ0) is 16.9. The number of amides is 1. The first kappa shape index (κ1) is 15.0. The predicted octanol–water partition coefficient (Wildman–Crippen LogP) is 2.55. The van der Waals surface area contributed by atoms with Crippen molar-refractivity contribution in [2.24, 2.45) is 0 Å². The minimum atomic E-state index is -0.361. The molecule has 1 spiro atoms. The second kappa shape index (κ2) is 5.63. The Kier molecular flexibility index (Phi) is 3.38. The standard InChI is InChI=1S/C20H21N3O2/c24-18(9-6-14-4-2-1-3-5-14)23-12-20(13-23)16-10-21-19(15-7-8-15)22-17(16)11-25-20/h1-5,10,15H,6-9,11-13H2. The molecule has 2 fully saturated rings. The van der Waals surface area contributed by atoms with Crippen LogP contribution in [0, 0.1) is 0 Å². The molecule has 1 amide bonds. The Labute approximate surface area is 147 Å². The molecule has 25 heavy (non-hydrogen) atoms. The van der Waals surface area contributed by atoms with Crippen molar-refractivity contribution < 1.29 is 9.53 Å². The number of likely N-dealkylation sites (tertiary alicyclic amines) is 1. The number of carbonyl (C=O) groups is 1. The van der Waals surface area contributed by atoms with E-state index in [1.54, 1.807) is 0 Å². The van der Waals surface area contributed by atoms with Gasteiger partial charge in [0.1, 0.15) is 11.4 Å². The minimum absolute atomic E-state index is 0.196. The van der Waals surface area contributed by atoms with E-state index in [4.69, 9.17) is 9.72 Å². The Morgan fingerprint density at radius 2 is 2.04 bits per heavy atom. The SMILES string of the molecule is O=C(CCc1ccccc1)N1CC2(C1)OCc1nc(C3CC3)ncc12. The summed E-state index contributed by atoms with van der Waals surface area (Å²) in [5.74, 6) is 1.72. The number of aryl methyl sites for hydroxylation is 1. The first-order chi connectivity index (χ1) is 12.2. The van der Waals surface area contributed by atoms with E-state index in [-0.39, 0.29) is 11.5 Å². The molecule has 2 aliphatic heterocycles. The Balaban J connectivity index is 1.22. The largest absolute Gasteiger partial charge is 0.360 e. The van der Waals surface area contributed by atoms with Crippen molar-refractivity contribution in [2.75, 3.05) is 13.1 Å². The highest BCUT2D eigenvalue weighted by molar-refractivity contribution is 5.78. The molecule has 1 aromatic heterocycles. The average Bonchev–Trinajstić information content (AvgIpc) is 3.39. The smallest absolute Gasteiger partial charge is 0.223 e. The van der Waals surface area contributed by atoms with Crippen LogP contribution in [0.2, 0.25) is 0 Å². The van der Waals surface area contributed by atoms with Gasteiger partial charge in [0.25, 0.3) is 0 Å². The molecule has 5 nitrogen and oxygen atoms in total. The van der Waals surface area contributed by atoms with Gasteiger partial charge in [0, 0.05) is 24.1 Å². The number of aromatic nitrogens is 2. The molecule has 128 valence electrons.